The molecule has 0 aliphatic carbocycles. The summed E-state index contributed by atoms with van der Waals surface area (Å²) < 4.78 is 0. The van der Waals surface area contributed by atoms with Crippen molar-refractivity contribution < 1.29 is 0 Å². The van der Waals surface area contributed by atoms with Crippen LogP contribution >= 0.6 is 0 Å². The van der Waals surface area contributed by atoms with Crippen molar-refractivity contribution in [2.24, 2.45) is 0 Å². The van der Waals surface area contributed by atoms with Gasteiger partial charge in [-0.2, -0.15) is 0 Å². The Morgan fingerprint density at radius 1 is 1.17 bits per heavy atom. The van der Waals surface area contributed by atoms with E-state index >= 15 is 0 Å². The lowest BCUT2D eigenvalue weighted by atomic mass is 10.2. The van der Waals surface area contributed by atoms with Crippen molar-refractivity contribution in [2.45, 2.75) is 33.6 Å². The number of aromatic nitrogens is 2. The largest absolute Gasteiger partial charge is 0.383 e. The van der Waals surface area contributed by atoms with Crippen LogP contribution in [0.5, 0.6) is 0 Å². The first-order chi connectivity index (χ1) is 5.52. The fourth-order valence-corrected chi connectivity index (χ4v) is 0.931. The third-order valence-electron chi connectivity index (χ3n) is 1.96. The number of aryl methyl sites for hydroxylation is 1. The molecule has 1 heterocycles. The standard InChI is InChI=1S/C9H15N3/c1-5(2)9-11-7(4)6(3)8(10)12-9/h5H,1-4H3,(H2,10,11,12). The van der Waals surface area contributed by atoms with E-state index in [4.69, 9.17) is 5.73 Å². The van der Waals surface area contributed by atoms with Crippen LogP contribution in [0.1, 0.15) is 36.8 Å². The number of anilines is 1. The van der Waals surface area contributed by atoms with Gasteiger partial charge in [0.1, 0.15) is 11.6 Å². The molecule has 3 nitrogen and oxygen atoms in total. The summed E-state index contributed by atoms with van der Waals surface area (Å²) in [6.07, 6.45) is 0. The van der Waals surface area contributed by atoms with E-state index in [2.05, 4.69) is 23.8 Å². The molecule has 0 aromatic carbocycles. The summed E-state index contributed by atoms with van der Waals surface area (Å²) in [5.74, 6) is 1.77. The van der Waals surface area contributed by atoms with Gasteiger partial charge in [0.25, 0.3) is 0 Å². The molecule has 66 valence electrons. The second-order valence-corrected chi connectivity index (χ2v) is 3.33. The molecule has 0 radical (unpaired) electrons. The van der Waals surface area contributed by atoms with E-state index in [-0.39, 0.29) is 0 Å². The van der Waals surface area contributed by atoms with Crippen molar-refractivity contribution in [1.29, 1.82) is 0 Å². The van der Waals surface area contributed by atoms with Gasteiger partial charge in [0.15, 0.2) is 0 Å². The highest BCUT2D eigenvalue weighted by molar-refractivity contribution is 5.40. The second-order valence-electron chi connectivity index (χ2n) is 3.33. The lowest BCUT2D eigenvalue weighted by molar-refractivity contribution is 0.765. The second kappa shape index (κ2) is 3.09. The maximum Gasteiger partial charge on any atom is 0.133 e. The number of nitrogens with zero attached hydrogens (tertiary/aromatic N) is 2. The number of hydrogen-bond acceptors (Lipinski definition) is 3. The van der Waals surface area contributed by atoms with Gasteiger partial charge in [-0.1, -0.05) is 13.8 Å². The van der Waals surface area contributed by atoms with Crippen LogP contribution in [0.3, 0.4) is 0 Å². The Morgan fingerprint density at radius 3 is 2.17 bits per heavy atom. The number of nitrogen functional groups attached to an aromatic ring is 1. The van der Waals surface area contributed by atoms with Crippen molar-refractivity contribution in [3.05, 3.63) is 17.1 Å². The molecule has 0 atom stereocenters. The molecule has 12 heavy (non-hydrogen) atoms. The third kappa shape index (κ3) is 1.55. The summed E-state index contributed by atoms with van der Waals surface area (Å²) in [5, 5.41) is 0. The molecule has 0 unspecified atom stereocenters. The average molecular weight is 165 g/mol. The number of hydrogen-bond donors (Lipinski definition) is 1. The predicted octanol–water partition coefficient (Wildman–Crippen LogP) is 1.80. The molecule has 0 aliphatic heterocycles. The van der Waals surface area contributed by atoms with Gasteiger partial charge in [-0.15, -0.1) is 0 Å². The van der Waals surface area contributed by atoms with Crippen molar-refractivity contribution in [3.8, 4) is 0 Å². The highest BCUT2D eigenvalue weighted by Crippen LogP contribution is 2.15. The van der Waals surface area contributed by atoms with Crippen LogP contribution in [-0.4, -0.2) is 9.97 Å². The first-order valence-electron chi connectivity index (χ1n) is 4.13. The average Bonchev–Trinajstić information content (AvgIpc) is 1.99. The lowest BCUT2D eigenvalue weighted by Gasteiger charge is -2.08. The van der Waals surface area contributed by atoms with Crippen LogP contribution in [-0.2, 0) is 0 Å². The number of nitrogens with two attached hydrogens (primary N) is 1. The van der Waals surface area contributed by atoms with Gasteiger partial charge < -0.3 is 5.73 Å². The van der Waals surface area contributed by atoms with Gasteiger partial charge in [-0.3, -0.25) is 0 Å². The van der Waals surface area contributed by atoms with Gasteiger partial charge in [0.05, 0.1) is 0 Å². The molecule has 2 N–H and O–H groups in total. The van der Waals surface area contributed by atoms with Crippen molar-refractivity contribution in [3.63, 3.8) is 0 Å². The zero-order chi connectivity index (χ0) is 9.30. The summed E-state index contributed by atoms with van der Waals surface area (Å²) in [6, 6.07) is 0. The van der Waals surface area contributed by atoms with E-state index in [1.165, 1.54) is 0 Å². The zero-order valence-electron chi connectivity index (χ0n) is 8.05. The van der Waals surface area contributed by atoms with Gasteiger partial charge in [-0.05, 0) is 13.8 Å². The highest BCUT2D eigenvalue weighted by atomic mass is 15.0. The summed E-state index contributed by atoms with van der Waals surface area (Å²) in [6.45, 7) is 8.02. The minimum Gasteiger partial charge on any atom is -0.383 e. The highest BCUT2D eigenvalue weighted by Gasteiger charge is 2.07. The molecule has 0 bridgehead atoms. The summed E-state index contributed by atoms with van der Waals surface area (Å²) in [4.78, 5) is 8.54. The molecular formula is C9H15N3. The Hall–Kier alpha value is -1.12. The van der Waals surface area contributed by atoms with Gasteiger partial charge in [0.2, 0.25) is 0 Å². The molecular weight excluding hydrogens is 150 g/mol. The van der Waals surface area contributed by atoms with E-state index in [1.807, 2.05) is 13.8 Å². The minimum atomic E-state index is 0.339. The van der Waals surface area contributed by atoms with E-state index in [9.17, 15) is 0 Å². The molecule has 0 saturated carbocycles. The van der Waals surface area contributed by atoms with Gasteiger partial charge in [-0.25, -0.2) is 9.97 Å². The summed E-state index contributed by atoms with van der Waals surface area (Å²) >= 11 is 0. The zero-order valence-corrected chi connectivity index (χ0v) is 8.05. The fraction of sp³-hybridized carbons (Fsp3) is 0.556. The van der Waals surface area contributed by atoms with E-state index in [0.29, 0.717) is 11.7 Å². The Bertz CT molecular complexity index is 269. The first kappa shape index (κ1) is 8.97. The lowest BCUT2D eigenvalue weighted by Crippen LogP contribution is -2.05. The molecule has 0 amide bonds. The molecule has 3 heteroatoms. The Morgan fingerprint density at radius 2 is 1.75 bits per heavy atom. The Labute approximate surface area is 73.0 Å². The Kier molecular flexibility index (Phi) is 2.31. The van der Waals surface area contributed by atoms with Gasteiger partial charge in [0, 0.05) is 17.2 Å². The topological polar surface area (TPSA) is 51.8 Å². The summed E-state index contributed by atoms with van der Waals surface area (Å²) in [5.41, 5.74) is 7.67. The van der Waals surface area contributed by atoms with E-state index in [0.717, 1.165) is 17.1 Å². The fourth-order valence-electron chi connectivity index (χ4n) is 0.931. The normalized spacial score (nSPS) is 10.8. The van der Waals surface area contributed by atoms with Crippen LogP contribution in [0.25, 0.3) is 0 Å². The quantitative estimate of drug-likeness (QED) is 0.690. The van der Waals surface area contributed by atoms with Crippen LogP contribution in [0.15, 0.2) is 0 Å². The molecule has 0 spiro atoms. The van der Waals surface area contributed by atoms with Crippen molar-refractivity contribution in [1.82, 2.24) is 9.97 Å². The summed E-state index contributed by atoms with van der Waals surface area (Å²) in [7, 11) is 0. The van der Waals surface area contributed by atoms with Crippen LogP contribution in [0.2, 0.25) is 0 Å². The van der Waals surface area contributed by atoms with Crippen molar-refractivity contribution >= 4 is 5.82 Å². The van der Waals surface area contributed by atoms with Crippen molar-refractivity contribution in [2.75, 3.05) is 5.73 Å². The van der Waals surface area contributed by atoms with E-state index in [1.54, 1.807) is 0 Å². The molecule has 1 rings (SSSR count). The Balaban J connectivity index is 3.21. The monoisotopic (exact) mass is 165 g/mol. The maximum absolute atomic E-state index is 5.71. The predicted molar refractivity (Wildman–Crippen MR) is 50.0 cm³/mol. The van der Waals surface area contributed by atoms with Crippen LogP contribution < -0.4 is 5.73 Å². The van der Waals surface area contributed by atoms with E-state index < -0.39 is 0 Å². The molecule has 0 aliphatic rings. The third-order valence-corrected chi connectivity index (χ3v) is 1.96. The molecule has 1 aromatic rings. The minimum absolute atomic E-state index is 0.339. The molecule has 0 fully saturated rings. The smallest absolute Gasteiger partial charge is 0.133 e. The molecule has 0 saturated heterocycles. The maximum atomic E-state index is 5.71. The first-order valence-corrected chi connectivity index (χ1v) is 4.13. The van der Waals surface area contributed by atoms with Crippen LogP contribution in [0.4, 0.5) is 5.82 Å². The SMILES string of the molecule is Cc1nc(C(C)C)nc(N)c1C. The van der Waals surface area contributed by atoms with Crippen LogP contribution in [0, 0.1) is 13.8 Å². The molecule has 1 aromatic heterocycles. The van der Waals surface area contributed by atoms with Gasteiger partial charge >= 0.3 is 0 Å². The number of rotatable bonds is 1.